The minimum Gasteiger partial charge on any atom is -0.368 e. The highest BCUT2D eigenvalue weighted by atomic mass is 16.1. The summed E-state index contributed by atoms with van der Waals surface area (Å²) >= 11 is 0. The van der Waals surface area contributed by atoms with E-state index in [1.165, 1.54) is 0 Å². The van der Waals surface area contributed by atoms with Crippen LogP contribution in [0.3, 0.4) is 0 Å². The number of hydrogen-bond donors (Lipinski definition) is 2. The fourth-order valence-corrected chi connectivity index (χ4v) is 0.700. The van der Waals surface area contributed by atoms with E-state index in [2.05, 4.69) is 5.10 Å². The zero-order valence-electron chi connectivity index (χ0n) is 5.97. The molecule has 0 bridgehead atoms. The van der Waals surface area contributed by atoms with Gasteiger partial charge in [0.2, 0.25) is 5.91 Å². The molecule has 1 amide bonds. The van der Waals surface area contributed by atoms with E-state index in [1.807, 2.05) is 0 Å². The van der Waals surface area contributed by atoms with E-state index in [4.69, 9.17) is 11.5 Å². The van der Waals surface area contributed by atoms with Crippen molar-refractivity contribution in [2.24, 2.45) is 11.5 Å². The molecule has 1 rings (SSSR count). The highest BCUT2D eigenvalue weighted by Crippen LogP contribution is 1.87. The summed E-state index contributed by atoms with van der Waals surface area (Å²) in [5.41, 5.74) is 10.3. The third-order valence-corrected chi connectivity index (χ3v) is 1.31. The highest BCUT2D eigenvalue weighted by molar-refractivity contribution is 5.79. The zero-order valence-corrected chi connectivity index (χ0v) is 5.97. The first-order valence-corrected chi connectivity index (χ1v) is 3.22. The average molecular weight is 154 g/mol. The molecule has 1 unspecified atom stereocenters. The summed E-state index contributed by atoms with van der Waals surface area (Å²) in [6, 6.07) is 1.10. The van der Waals surface area contributed by atoms with Crippen LogP contribution >= 0.6 is 0 Å². The van der Waals surface area contributed by atoms with Crippen molar-refractivity contribution in [1.29, 1.82) is 0 Å². The van der Waals surface area contributed by atoms with Crippen molar-refractivity contribution in [3.8, 4) is 0 Å². The van der Waals surface area contributed by atoms with Crippen LogP contribution < -0.4 is 11.5 Å². The Bertz CT molecular complexity index is 231. The first-order valence-electron chi connectivity index (χ1n) is 3.22. The number of aromatic nitrogens is 2. The lowest BCUT2D eigenvalue weighted by Gasteiger charge is -2.05. The Morgan fingerprint density at radius 2 is 2.45 bits per heavy atom. The van der Waals surface area contributed by atoms with Gasteiger partial charge in [0.15, 0.2) is 0 Å². The molecular weight excluding hydrogens is 144 g/mol. The van der Waals surface area contributed by atoms with Gasteiger partial charge in [-0.2, -0.15) is 5.10 Å². The van der Waals surface area contributed by atoms with Crippen LogP contribution in [0.5, 0.6) is 0 Å². The predicted octanol–water partition coefficient (Wildman–Crippen LogP) is -1.30. The molecule has 0 saturated heterocycles. The maximum absolute atomic E-state index is 10.5. The van der Waals surface area contributed by atoms with Crippen LogP contribution in [0.4, 0.5) is 0 Å². The SMILES string of the molecule is NC(=O)C(N)Cn1cccn1. The van der Waals surface area contributed by atoms with Gasteiger partial charge in [0.05, 0.1) is 6.54 Å². The third-order valence-electron chi connectivity index (χ3n) is 1.31. The summed E-state index contributed by atoms with van der Waals surface area (Å²) in [5.74, 6) is -0.513. The Morgan fingerprint density at radius 3 is 2.91 bits per heavy atom. The van der Waals surface area contributed by atoms with Crippen LogP contribution in [-0.4, -0.2) is 21.7 Å². The second-order valence-electron chi connectivity index (χ2n) is 2.24. The van der Waals surface area contributed by atoms with Gasteiger partial charge in [-0.15, -0.1) is 0 Å². The molecule has 0 aliphatic carbocycles. The molecule has 5 nitrogen and oxygen atoms in total. The number of carbonyl (C=O) groups is 1. The van der Waals surface area contributed by atoms with Gasteiger partial charge in [-0.25, -0.2) is 0 Å². The Morgan fingerprint density at radius 1 is 1.73 bits per heavy atom. The quantitative estimate of drug-likeness (QED) is 0.567. The Labute approximate surface area is 64.0 Å². The molecule has 1 aromatic heterocycles. The van der Waals surface area contributed by atoms with Gasteiger partial charge in [-0.1, -0.05) is 0 Å². The summed E-state index contributed by atoms with van der Waals surface area (Å²) in [6.45, 7) is 0.336. The molecule has 0 radical (unpaired) electrons. The number of hydrogen-bond acceptors (Lipinski definition) is 3. The van der Waals surface area contributed by atoms with E-state index in [1.54, 1.807) is 23.1 Å². The number of rotatable bonds is 3. The van der Waals surface area contributed by atoms with Crippen molar-refractivity contribution >= 4 is 5.91 Å². The molecule has 60 valence electrons. The van der Waals surface area contributed by atoms with Crippen LogP contribution in [-0.2, 0) is 11.3 Å². The van der Waals surface area contributed by atoms with Gasteiger partial charge in [-0.3, -0.25) is 9.48 Å². The summed E-state index contributed by atoms with van der Waals surface area (Å²) in [7, 11) is 0. The molecule has 0 saturated carbocycles. The zero-order chi connectivity index (χ0) is 8.27. The van der Waals surface area contributed by atoms with Crippen LogP contribution in [0, 0.1) is 0 Å². The fourth-order valence-electron chi connectivity index (χ4n) is 0.700. The van der Waals surface area contributed by atoms with Crippen LogP contribution in [0.25, 0.3) is 0 Å². The molecule has 0 aliphatic heterocycles. The molecule has 1 aromatic rings. The Balaban J connectivity index is 2.50. The average Bonchev–Trinajstić information content (AvgIpc) is 2.39. The van der Waals surface area contributed by atoms with Gasteiger partial charge in [0.1, 0.15) is 6.04 Å². The summed E-state index contributed by atoms with van der Waals surface area (Å²) < 4.78 is 1.56. The largest absolute Gasteiger partial charge is 0.368 e. The molecule has 11 heavy (non-hydrogen) atoms. The lowest BCUT2D eigenvalue weighted by molar-refractivity contribution is -0.119. The first-order chi connectivity index (χ1) is 5.20. The molecule has 0 aliphatic rings. The summed E-state index contributed by atoms with van der Waals surface area (Å²) in [5, 5.41) is 3.87. The fraction of sp³-hybridized carbons (Fsp3) is 0.333. The highest BCUT2D eigenvalue weighted by Gasteiger charge is 2.08. The summed E-state index contributed by atoms with van der Waals surface area (Å²) in [4.78, 5) is 10.5. The van der Waals surface area contributed by atoms with Gasteiger partial charge in [-0.05, 0) is 6.07 Å². The molecule has 0 spiro atoms. The molecule has 5 heteroatoms. The maximum atomic E-state index is 10.5. The van der Waals surface area contributed by atoms with Crippen molar-refractivity contribution in [3.63, 3.8) is 0 Å². The monoisotopic (exact) mass is 154 g/mol. The van der Waals surface area contributed by atoms with Gasteiger partial charge in [0.25, 0.3) is 0 Å². The first kappa shape index (κ1) is 7.74. The van der Waals surface area contributed by atoms with Crippen LogP contribution in [0.1, 0.15) is 0 Å². The predicted molar refractivity (Wildman–Crippen MR) is 39.4 cm³/mol. The van der Waals surface area contributed by atoms with Crippen molar-refractivity contribution in [1.82, 2.24) is 9.78 Å². The van der Waals surface area contributed by atoms with Gasteiger partial charge >= 0.3 is 0 Å². The van der Waals surface area contributed by atoms with E-state index in [0.29, 0.717) is 6.54 Å². The van der Waals surface area contributed by atoms with E-state index < -0.39 is 11.9 Å². The minimum atomic E-state index is -0.658. The molecule has 0 aromatic carbocycles. The minimum absolute atomic E-state index is 0.336. The second-order valence-corrected chi connectivity index (χ2v) is 2.24. The van der Waals surface area contributed by atoms with Crippen molar-refractivity contribution in [2.45, 2.75) is 12.6 Å². The third kappa shape index (κ3) is 2.05. The van der Waals surface area contributed by atoms with Crippen LogP contribution in [0.15, 0.2) is 18.5 Å². The topological polar surface area (TPSA) is 86.9 Å². The van der Waals surface area contributed by atoms with E-state index in [-0.39, 0.29) is 0 Å². The molecule has 0 fully saturated rings. The van der Waals surface area contributed by atoms with Crippen LogP contribution in [0.2, 0.25) is 0 Å². The molecular formula is C6H10N4O. The lowest BCUT2D eigenvalue weighted by atomic mass is 10.3. The van der Waals surface area contributed by atoms with Crippen molar-refractivity contribution < 1.29 is 4.79 Å². The molecule has 1 heterocycles. The maximum Gasteiger partial charge on any atom is 0.236 e. The number of nitrogens with two attached hydrogens (primary N) is 2. The van der Waals surface area contributed by atoms with E-state index >= 15 is 0 Å². The number of carbonyl (C=O) groups excluding carboxylic acids is 1. The summed E-state index contributed by atoms with van der Waals surface area (Å²) in [6.07, 6.45) is 3.34. The lowest BCUT2D eigenvalue weighted by Crippen LogP contribution is -2.39. The van der Waals surface area contributed by atoms with E-state index in [9.17, 15) is 4.79 Å². The number of nitrogens with zero attached hydrogens (tertiary/aromatic N) is 2. The van der Waals surface area contributed by atoms with Gasteiger partial charge in [0, 0.05) is 12.4 Å². The second kappa shape index (κ2) is 3.16. The normalized spacial score (nSPS) is 12.8. The van der Waals surface area contributed by atoms with Crippen molar-refractivity contribution in [3.05, 3.63) is 18.5 Å². The van der Waals surface area contributed by atoms with Gasteiger partial charge < -0.3 is 11.5 Å². The Hall–Kier alpha value is -1.36. The van der Waals surface area contributed by atoms with E-state index in [0.717, 1.165) is 0 Å². The number of primary amides is 1. The molecule has 4 N–H and O–H groups in total. The smallest absolute Gasteiger partial charge is 0.236 e. The molecule has 1 atom stereocenters. The Kier molecular flexibility index (Phi) is 2.22. The van der Waals surface area contributed by atoms with Crippen molar-refractivity contribution in [2.75, 3.05) is 0 Å². The standard InChI is InChI=1S/C6H10N4O/c7-5(6(8)11)4-10-3-1-2-9-10/h1-3,5H,4,7H2,(H2,8,11). The number of amides is 1.